The van der Waals surface area contributed by atoms with Gasteiger partial charge in [-0.05, 0) is 48.0 Å². The van der Waals surface area contributed by atoms with Crippen LogP contribution in [-0.4, -0.2) is 16.2 Å². The zero-order valence-corrected chi connectivity index (χ0v) is 13.7. The quantitative estimate of drug-likeness (QED) is 0.393. The van der Waals surface area contributed by atoms with E-state index < -0.39 is 11.8 Å². The zero-order chi connectivity index (χ0) is 17.1. The minimum Gasteiger partial charge on any atom is -0.423 e. The van der Waals surface area contributed by atoms with Crippen LogP contribution in [0.25, 0.3) is 6.08 Å². The van der Waals surface area contributed by atoms with Crippen LogP contribution in [-0.2, 0) is 4.79 Å². The highest BCUT2D eigenvalue weighted by molar-refractivity contribution is 8.26. The molecule has 1 saturated heterocycles. The first kappa shape index (κ1) is 16.4. The van der Waals surface area contributed by atoms with Gasteiger partial charge in [-0.25, -0.2) is 9.18 Å². The lowest BCUT2D eigenvalue weighted by atomic mass is 10.2. The van der Waals surface area contributed by atoms with Crippen LogP contribution in [0.5, 0.6) is 5.75 Å². The van der Waals surface area contributed by atoms with Gasteiger partial charge in [-0.3, -0.25) is 4.79 Å². The van der Waals surface area contributed by atoms with E-state index in [1.807, 2.05) is 0 Å². The number of hydrogen-bond donors (Lipinski definition) is 1. The third-order valence-corrected chi connectivity index (χ3v) is 4.25. The molecule has 0 atom stereocenters. The Bertz CT molecular complexity index is 862. The van der Waals surface area contributed by atoms with Crippen molar-refractivity contribution in [3.63, 3.8) is 0 Å². The van der Waals surface area contributed by atoms with E-state index in [4.69, 9.17) is 17.0 Å². The zero-order valence-electron chi connectivity index (χ0n) is 12.1. The minimum absolute atomic E-state index is 0.247. The molecular weight excluding hydrogens is 349 g/mol. The molecule has 1 amide bonds. The van der Waals surface area contributed by atoms with Crippen molar-refractivity contribution in [3.8, 4) is 5.75 Å². The molecule has 2 aromatic rings. The molecule has 1 N–H and O–H groups in total. The standard InChI is InChI=1S/C17H10FNO3S2/c18-12-6-4-11(5-7-12)16(21)22-13-3-1-2-10(8-13)9-14-15(20)19-17(23)24-14/h1-9H,(H,19,20,23). The Morgan fingerprint density at radius 1 is 1.21 bits per heavy atom. The first-order valence-corrected chi connectivity index (χ1v) is 8.06. The average molecular weight is 359 g/mol. The Morgan fingerprint density at radius 3 is 2.62 bits per heavy atom. The Kier molecular flexibility index (Phi) is 4.73. The molecule has 0 saturated carbocycles. The second-order valence-electron chi connectivity index (χ2n) is 4.82. The summed E-state index contributed by atoms with van der Waals surface area (Å²) in [4.78, 5) is 24.2. The van der Waals surface area contributed by atoms with Crippen molar-refractivity contribution in [1.29, 1.82) is 0 Å². The predicted molar refractivity (Wildman–Crippen MR) is 94.1 cm³/mol. The van der Waals surface area contributed by atoms with Gasteiger partial charge in [-0.15, -0.1) is 0 Å². The van der Waals surface area contributed by atoms with Gasteiger partial charge in [0.05, 0.1) is 10.5 Å². The van der Waals surface area contributed by atoms with Gasteiger partial charge in [0.2, 0.25) is 0 Å². The van der Waals surface area contributed by atoms with Crippen molar-refractivity contribution in [2.24, 2.45) is 0 Å². The third-order valence-electron chi connectivity index (χ3n) is 3.09. The molecule has 0 radical (unpaired) electrons. The van der Waals surface area contributed by atoms with E-state index >= 15 is 0 Å². The Hall–Kier alpha value is -2.51. The van der Waals surface area contributed by atoms with Crippen LogP contribution in [0.2, 0.25) is 0 Å². The average Bonchev–Trinajstić information content (AvgIpc) is 2.86. The number of carbonyl (C=O) groups excluding carboxylic acids is 2. The van der Waals surface area contributed by atoms with Crippen LogP contribution >= 0.6 is 24.0 Å². The summed E-state index contributed by atoms with van der Waals surface area (Å²) in [7, 11) is 0. The van der Waals surface area contributed by atoms with Gasteiger partial charge in [-0.2, -0.15) is 0 Å². The highest BCUT2D eigenvalue weighted by Crippen LogP contribution is 2.27. The predicted octanol–water partition coefficient (Wildman–Crippen LogP) is 3.53. The largest absolute Gasteiger partial charge is 0.423 e. The number of amides is 1. The van der Waals surface area contributed by atoms with E-state index in [0.717, 1.165) is 0 Å². The monoisotopic (exact) mass is 359 g/mol. The van der Waals surface area contributed by atoms with Crippen molar-refractivity contribution in [3.05, 3.63) is 70.4 Å². The topological polar surface area (TPSA) is 55.4 Å². The molecule has 1 fully saturated rings. The number of carbonyl (C=O) groups is 2. The molecule has 120 valence electrons. The van der Waals surface area contributed by atoms with Gasteiger partial charge >= 0.3 is 5.97 Å². The van der Waals surface area contributed by atoms with Crippen LogP contribution in [0.15, 0.2) is 53.4 Å². The molecule has 3 rings (SSSR count). The second-order valence-corrected chi connectivity index (χ2v) is 6.54. The lowest BCUT2D eigenvalue weighted by Crippen LogP contribution is -2.17. The van der Waals surface area contributed by atoms with E-state index in [9.17, 15) is 14.0 Å². The third kappa shape index (κ3) is 3.87. The van der Waals surface area contributed by atoms with E-state index in [-0.39, 0.29) is 11.5 Å². The molecule has 1 heterocycles. The molecule has 0 spiro atoms. The lowest BCUT2D eigenvalue weighted by Gasteiger charge is -2.05. The number of thiocarbonyl (C=S) groups is 1. The van der Waals surface area contributed by atoms with Crippen LogP contribution in [0.3, 0.4) is 0 Å². The molecule has 0 bridgehead atoms. The summed E-state index contributed by atoms with van der Waals surface area (Å²) in [5, 5.41) is 2.53. The summed E-state index contributed by atoms with van der Waals surface area (Å²) in [6, 6.07) is 11.8. The van der Waals surface area contributed by atoms with Crippen LogP contribution in [0, 0.1) is 5.82 Å². The molecule has 0 aromatic heterocycles. The molecule has 1 aliphatic rings. The van der Waals surface area contributed by atoms with Crippen LogP contribution in [0.1, 0.15) is 15.9 Å². The molecule has 0 aliphatic carbocycles. The number of halogens is 1. The van der Waals surface area contributed by atoms with Crippen molar-refractivity contribution < 1.29 is 18.7 Å². The molecule has 0 unspecified atom stereocenters. The van der Waals surface area contributed by atoms with Crippen molar-refractivity contribution >= 4 is 46.3 Å². The Labute approximate surface area is 146 Å². The number of benzene rings is 2. The van der Waals surface area contributed by atoms with Crippen molar-refractivity contribution in [1.82, 2.24) is 5.32 Å². The SMILES string of the molecule is O=C1NC(=S)SC1=Cc1cccc(OC(=O)c2ccc(F)cc2)c1. The van der Waals surface area contributed by atoms with E-state index in [2.05, 4.69) is 5.32 Å². The fourth-order valence-corrected chi connectivity index (χ4v) is 3.04. The fraction of sp³-hybridized carbons (Fsp3) is 0. The maximum atomic E-state index is 12.9. The molecule has 1 aliphatic heterocycles. The first-order chi connectivity index (χ1) is 11.5. The van der Waals surface area contributed by atoms with Gasteiger partial charge in [0.15, 0.2) is 0 Å². The van der Waals surface area contributed by atoms with Crippen molar-refractivity contribution in [2.45, 2.75) is 0 Å². The maximum Gasteiger partial charge on any atom is 0.343 e. The van der Waals surface area contributed by atoms with E-state index in [1.165, 1.54) is 36.0 Å². The minimum atomic E-state index is -0.589. The number of rotatable bonds is 3. The summed E-state index contributed by atoms with van der Waals surface area (Å²) in [5.41, 5.74) is 0.943. The summed E-state index contributed by atoms with van der Waals surface area (Å²) >= 11 is 6.10. The Morgan fingerprint density at radius 2 is 1.96 bits per heavy atom. The number of esters is 1. The van der Waals surface area contributed by atoms with Gasteiger partial charge in [0, 0.05) is 0 Å². The maximum absolute atomic E-state index is 12.9. The number of thioether (sulfide) groups is 1. The van der Waals surface area contributed by atoms with Crippen LogP contribution < -0.4 is 10.1 Å². The molecule has 24 heavy (non-hydrogen) atoms. The number of hydrogen-bond acceptors (Lipinski definition) is 5. The molecular formula is C17H10FNO3S2. The Balaban J connectivity index is 1.77. The highest BCUT2D eigenvalue weighted by atomic mass is 32.2. The summed E-state index contributed by atoms with van der Waals surface area (Å²) in [6.45, 7) is 0. The smallest absolute Gasteiger partial charge is 0.343 e. The van der Waals surface area contributed by atoms with Gasteiger partial charge in [-0.1, -0.05) is 36.1 Å². The van der Waals surface area contributed by atoms with Gasteiger partial charge < -0.3 is 10.1 Å². The highest BCUT2D eigenvalue weighted by Gasteiger charge is 2.21. The lowest BCUT2D eigenvalue weighted by molar-refractivity contribution is -0.115. The van der Waals surface area contributed by atoms with E-state index in [0.29, 0.717) is 20.5 Å². The van der Waals surface area contributed by atoms with Crippen LogP contribution in [0.4, 0.5) is 4.39 Å². The first-order valence-electron chi connectivity index (χ1n) is 6.84. The van der Waals surface area contributed by atoms with Gasteiger partial charge in [0.25, 0.3) is 5.91 Å². The summed E-state index contributed by atoms with van der Waals surface area (Å²) in [6.07, 6.45) is 1.66. The second kappa shape index (κ2) is 6.94. The molecule has 2 aromatic carbocycles. The number of nitrogens with one attached hydrogen (secondary N) is 1. The number of ether oxygens (including phenoxy) is 1. The molecule has 7 heteroatoms. The fourth-order valence-electron chi connectivity index (χ4n) is 1.99. The summed E-state index contributed by atoms with van der Waals surface area (Å²) in [5.74, 6) is -0.942. The normalized spacial score (nSPS) is 15.5. The summed E-state index contributed by atoms with van der Waals surface area (Å²) < 4.78 is 18.6. The van der Waals surface area contributed by atoms with Crippen molar-refractivity contribution in [2.75, 3.05) is 0 Å². The molecule has 4 nitrogen and oxygen atoms in total. The van der Waals surface area contributed by atoms with Gasteiger partial charge in [0.1, 0.15) is 15.9 Å². The van der Waals surface area contributed by atoms with E-state index in [1.54, 1.807) is 30.3 Å².